The number of halogens is 4. The summed E-state index contributed by atoms with van der Waals surface area (Å²) in [4.78, 5) is 12.5. The number of amides is 1. The highest BCUT2D eigenvalue weighted by Crippen LogP contribution is 2.33. The number of ether oxygens (including phenoxy) is 1. The topological polar surface area (TPSA) is 74.0 Å². The summed E-state index contributed by atoms with van der Waals surface area (Å²) in [7, 11) is 0. The van der Waals surface area contributed by atoms with E-state index >= 15 is 0 Å². The first-order valence-corrected chi connectivity index (χ1v) is 9.64. The number of nitrogens with one attached hydrogen (secondary N) is 1. The molecular weight excluding hydrogens is 447 g/mol. The van der Waals surface area contributed by atoms with Crippen LogP contribution < -0.4 is 10.1 Å². The van der Waals surface area contributed by atoms with E-state index in [-0.39, 0.29) is 16.6 Å². The smallest absolute Gasteiger partial charge is 0.435 e. The zero-order chi connectivity index (χ0) is 22.7. The van der Waals surface area contributed by atoms with Crippen LogP contribution in [0.3, 0.4) is 0 Å². The maximum atomic E-state index is 13.2. The Hall–Kier alpha value is -3.79. The van der Waals surface area contributed by atoms with Crippen molar-refractivity contribution in [1.29, 1.82) is 0 Å². The van der Waals surface area contributed by atoms with Crippen molar-refractivity contribution in [2.75, 3.05) is 11.9 Å². The summed E-state index contributed by atoms with van der Waals surface area (Å²) in [5.74, 6) is -0.856. The molecule has 11 heteroatoms. The van der Waals surface area contributed by atoms with E-state index in [0.29, 0.717) is 17.4 Å². The van der Waals surface area contributed by atoms with Gasteiger partial charge >= 0.3 is 6.18 Å². The summed E-state index contributed by atoms with van der Waals surface area (Å²) in [5.41, 5.74) is 0.0904. The highest BCUT2D eigenvalue weighted by Gasteiger charge is 2.36. The van der Waals surface area contributed by atoms with Gasteiger partial charge < -0.3 is 10.1 Å². The molecule has 0 bridgehead atoms. The lowest BCUT2D eigenvalue weighted by Crippen LogP contribution is -2.22. The van der Waals surface area contributed by atoms with E-state index in [2.05, 4.69) is 15.5 Å². The summed E-state index contributed by atoms with van der Waals surface area (Å²) >= 11 is 6.11. The largest absolute Gasteiger partial charge is 0.467 e. The van der Waals surface area contributed by atoms with Crippen LogP contribution in [-0.2, 0) is 11.0 Å². The highest BCUT2D eigenvalue weighted by molar-refractivity contribution is 6.32. The van der Waals surface area contributed by atoms with Crippen LogP contribution >= 0.6 is 11.6 Å². The SMILES string of the molecule is O=C(COc1cc(C(F)(F)F)nn1-c1ccccc1Cl)Nc1ccccc1-n1cccn1. The molecule has 0 radical (unpaired) electrons. The molecule has 1 amide bonds. The van der Waals surface area contributed by atoms with Crippen molar-refractivity contribution in [3.63, 3.8) is 0 Å². The first-order chi connectivity index (χ1) is 15.3. The summed E-state index contributed by atoms with van der Waals surface area (Å²) < 4.78 is 47.5. The van der Waals surface area contributed by atoms with Gasteiger partial charge in [0, 0.05) is 18.5 Å². The van der Waals surface area contributed by atoms with E-state index in [1.807, 2.05) is 0 Å². The van der Waals surface area contributed by atoms with Gasteiger partial charge in [0.1, 0.15) is 0 Å². The van der Waals surface area contributed by atoms with Crippen LogP contribution in [0.25, 0.3) is 11.4 Å². The van der Waals surface area contributed by atoms with Crippen molar-refractivity contribution in [3.8, 4) is 17.3 Å². The fraction of sp³-hybridized carbons (Fsp3) is 0.0952. The standard InChI is InChI=1S/C21H15ClF3N5O2/c22-14-6-1-3-8-16(14)30-20(12-18(28-30)21(23,24)25)32-13-19(31)27-15-7-2-4-9-17(15)29-11-5-10-26-29/h1-12H,13H2,(H,27,31). The van der Waals surface area contributed by atoms with E-state index in [4.69, 9.17) is 16.3 Å². The van der Waals surface area contributed by atoms with Crippen molar-refractivity contribution >= 4 is 23.2 Å². The molecule has 164 valence electrons. The predicted octanol–water partition coefficient (Wildman–Crippen LogP) is 4.75. The maximum absolute atomic E-state index is 13.2. The van der Waals surface area contributed by atoms with Crippen molar-refractivity contribution < 1.29 is 22.7 Å². The first-order valence-electron chi connectivity index (χ1n) is 9.27. The van der Waals surface area contributed by atoms with E-state index in [1.165, 1.54) is 12.1 Å². The Morgan fingerprint density at radius 3 is 2.47 bits per heavy atom. The molecule has 0 unspecified atom stereocenters. The van der Waals surface area contributed by atoms with Crippen LogP contribution in [0.4, 0.5) is 18.9 Å². The normalized spacial score (nSPS) is 11.4. The predicted molar refractivity (Wildman–Crippen MR) is 111 cm³/mol. The average molecular weight is 462 g/mol. The molecule has 1 N–H and O–H groups in total. The number of para-hydroxylation sites is 3. The Labute approximate surface area is 185 Å². The molecule has 0 fully saturated rings. The minimum atomic E-state index is -4.70. The fourth-order valence-corrected chi connectivity index (χ4v) is 3.13. The molecule has 2 aromatic carbocycles. The molecule has 4 aromatic rings. The summed E-state index contributed by atoms with van der Waals surface area (Å²) in [6, 6.07) is 15.6. The minimum Gasteiger partial charge on any atom is -0.467 e. The minimum absolute atomic E-state index is 0.173. The number of anilines is 1. The van der Waals surface area contributed by atoms with Crippen molar-refractivity contribution in [2.45, 2.75) is 6.18 Å². The zero-order valence-electron chi connectivity index (χ0n) is 16.3. The van der Waals surface area contributed by atoms with Crippen molar-refractivity contribution in [1.82, 2.24) is 19.6 Å². The number of carbonyl (C=O) groups is 1. The Balaban J connectivity index is 1.55. The lowest BCUT2D eigenvalue weighted by molar-refractivity contribution is -0.141. The van der Waals surface area contributed by atoms with Gasteiger partial charge in [0.25, 0.3) is 5.91 Å². The Morgan fingerprint density at radius 2 is 1.78 bits per heavy atom. The van der Waals surface area contributed by atoms with Gasteiger partial charge in [0.05, 0.1) is 22.1 Å². The van der Waals surface area contributed by atoms with Gasteiger partial charge in [-0.3, -0.25) is 4.79 Å². The summed E-state index contributed by atoms with van der Waals surface area (Å²) in [6.45, 7) is -0.555. The molecule has 0 saturated heterocycles. The van der Waals surface area contributed by atoms with E-state index < -0.39 is 24.4 Å². The molecule has 0 atom stereocenters. The zero-order valence-corrected chi connectivity index (χ0v) is 17.0. The van der Waals surface area contributed by atoms with Crippen molar-refractivity contribution in [2.24, 2.45) is 0 Å². The summed E-state index contributed by atoms with van der Waals surface area (Å²) in [6.07, 6.45) is -1.40. The van der Waals surface area contributed by atoms with Gasteiger partial charge in [-0.1, -0.05) is 35.9 Å². The first kappa shape index (κ1) is 21.4. The lowest BCUT2D eigenvalue weighted by atomic mass is 10.2. The van der Waals surface area contributed by atoms with E-state index in [0.717, 1.165) is 4.68 Å². The van der Waals surface area contributed by atoms with Gasteiger partial charge in [-0.25, -0.2) is 4.68 Å². The molecular formula is C21H15ClF3N5O2. The third kappa shape index (κ3) is 4.59. The number of rotatable bonds is 6. The van der Waals surface area contributed by atoms with Gasteiger partial charge in [-0.15, -0.1) is 0 Å². The van der Waals surface area contributed by atoms with Crippen molar-refractivity contribution in [3.05, 3.63) is 83.8 Å². The van der Waals surface area contributed by atoms with Gasteiger partial charge in [-0.05, 0) is 30.3 Å². The molecule has 4 rings (SSSR count). The van der Waals surface area contributed by atoms with E-state index in [9.17, 15) is 18.0 Å². The van der Waals surface area contributed by atoms with Crippen LogP contribution in [0.5, 0.6) is 5.88 Å². The number of hydrogen-bond donors (Lipinski definition) is 1. The second-order valence-electron chi connectivity index (χ2n) is 6.53. The van der Waals surface area contributed by atoms with Crippen LogP contribution in [0, 0.1) is 0 Å². The number of benzene rings is 2. The second kappa shape index (κ2) is 8.75. The second-order valence-corrected chi connectivity index (χ2v) is 6.94. The molecule has 0 aliphatic carbocycles. The molecule has 0 saturated carbocycles. The summed E-state index contributed by atoms with van der Waals surface area (Å²) in [5, 5.41) is 10.5. The Bertz CT molecular complexity index is 1240. The molecule has 2 heterocycles. The number of carbonyl (C=O) groups excluding carboxylic acids is 1. The van der Waals surface area contributed by atoms with Crippen LogP contribution in [0.15, 0.2) is 73.1 Å². The van der Waals surface area contributed by atoms with E-state index in [1.54, 1.807) is 59.5 Å². The van der Waals surface area contributed by atoms with Gasteiger partial charge in [0.2, 0.25) is 5.88 Å². The molecule has 0 aliphatic heterocycles. The monoisotopic (exact) mass is 461 g/mol. The third-order valence-electron chi connectivity index (χ3n) is 4.33. The number of aromatic nitrogens is 4. The Morgan fingerprint density at radius 1 is 1.06 bits per heavy atom. The van der Waals surface area contributed by atoms with Crippen LogP contribution in [-0.4, -0.2) is 32.1 Å². The molecule has 2 aromatic heterocycles. The molecule has 0 spiro atoms. The average Bonchev–Trinajstić information content (AvgIpc) is 3.43. The molecule has 32 heavy (non-hydrogen) atoms. The third-order valence-corrected chi connectivity index (χ3v) is 4.65. The fourth-order valence-electron chi connectivity index (χ4n) is 2.92. The number of alkyl halides is 3. The lowest BCUT2D eigenvalue weighted by Gasteiger charge is -2.12. The maximum Gasteiger partial charge on any atom is 0.435 e. The van der Waals surface area contributed by atoms with Gasteiger partial charge in [0.15, 0.2) is 12.3 Å². The molecule has 7 nitrogen and oxygen atoms in total. The molecule has 0 aliphatic rings. The van der Waals surface area contributed by atoms with Crippen LogP contribution in [0.2, 0.25) is 5.02 Å². The highest BCUT2D eigenvalue weighted by atomic mass is 35.5. The Kier molecular flexibility index (Phi) is 5.87. The number of hydrogen-bond acceptors (Lipinski definition) is 4. The number of nitrogens with zero attached hydrogens (tertiary/aromatic N) is 4. The quantitative estimate of drug-likeness (QED) is 0.450. The van der Waals surface area contributed by atoms with Gasteiger partial charge in [-0.2, -0.15) is 28.1 Å². The van der Waals surface area contributed by atoms with Crippen LogP contribution in [0.1, 0.15) is 5.69 Å².